The molecular formula is C24H26ClNO2S. The Bertz CT molecular complexity index is 951. The lowest BCUT2D eigenvalue weighted by atomic mass is 10.0. The number of Topliss-reactive ketones (excluding diaryl/α,β-unsaturated/α-hetero) is 1. The van der Waals surface area contributed by atoms with Gasteiger partial charge >= 0.3 is 0 Å². The third-order valence-electron chi connectivity index (χ3n) is 5.05. The summed E-state index contributed by atoms with van der Waals surface area (Å²) in [5, 5.41) is 0.791. The van der Waals surface area contributed by atoms with E-state index in [0.717, 1.165) is 29.1 Å². The minimum atomic E-state index is 0.0781. The first-order valence-corrected chi connectivity index (χ1v) is 11.0. The molecule has 0 unspecified atom stereocenters. The second-order valence-corrected chi connectivity index (χ2v) is 8.54. The maximum Gasteiger partial charge on any atom is 0.174 e. The van der Waals surface area contributed by atoms with Gasteiger partial charge in [-0.05, 0) is 43.2 Å². The van der Waals surface area contributed by atoms with E-state index in [1.807, 2.05) is 62.4 Å². The van der Waals surface area contributed by atoms with Crippen molar-refractivity contribution in [1.82, 2.24) is 4.57 Å². The van der Waals surface area contributed by atoms with Crippen LogP contribution in [-0.2, 0) is 11.3 Å². The molecule has 0 N–H and O–H groups in total. The van der Waals surface area contributed by atoms with Crippen LogP contribution in [0.2, 0.25) is 5.02 Å². The lowest BCUT2D eigenvalue weighted by molar-refractivity contribution is 0.102. The van der Waals surface area contributed by atoms with Crippen LogP contribution in [0.1, 0.15) is 38.1 Å². The fourth-order valence-corrected chi connectivity index (χ4v) is 4.80. The average Bonchev–Trinajstić information content (AvgIpc) is 3.02. The number of carbonyl (C=O) groups excluding carboxylic acids is 1. The van der Waals surface area contributed by atoms with E-state index in [2.05, 4.69) is 16.7 Å². The number of methoxy groups -OCH3 is 1. The molecule has 0 bridgehead atoms. The summed E-state index contributed by atoms with van der Waals surface area (Å²) >= 11 is 7.72. The van der Waals surface area contributed by atoms with Gasteiger partial charge in [-0.3, -0.25) is 4.79 Å². The van der Waals surface area contributed by atoms with Gasteiger partial charge in [0.05, 0.1) is 17.6 Å². The van der Waals surface area contributed by atoms with Crippen molar-refractivity contribution >= 4 is 29.1 Å². The molecule has 1 atom stereocenters. The molecule has 0 radical (unpaired) electrons. The Morgan fingerprint density at radius 3 is 2.38 bits per heavy atom. The van der Waals surface area contributed by atoms with Gasteiger partial charge in [-0.2, -0.15) is 0 Å². The van der Waals surface area contributed by atoms with Crippen molar-refractivity contribution in [2.24, 2.45) is 0 Å². The molecule has 2 aromatic carbocycles. The van der Waals surface area contributed by atoms with Crippen molar-refractivity contribution in [2.45, 2.75) is 25.6 Å². The van der Waals surface area contributed by atoms with Crippen molar-refractivity contribution in [1.29, 1.82) is 0 Å². The number of hydrogen-bond donors (Lipinski definition) is 0. The van der Waals surface area contributed by atoms with Crippen LogP contribution in [0, 0.1) is 13.8 Å². The Morgan fingerprint density at radius 1 is 1.07 bits per heavy atom. The van der Waals surface area contributed by atoms with E-state index < -0.39 is 0 Å². The molecule has 3 rings (SSSR count). The Kier molecular flexibility index (Phi) is 7.59. The van der Waals surface area contributed by atoms with Crippen LogP contribution in [0.5, 0.6) is 0 Å². The van der Waals surface area contributed by atoms with Crippen LogP contribution < -0.4 is 0 Å². The number of ether oxygens (including phenoxy) is 1. The largest absolute Gasteiger partial charge is 0.383 e. The van der Waals surface area contributed by atoms with E-state index in [0.29, 0.717) is 17.4 Å². The molecular weight excluding hydrogens is 402 g/mol. The summed E-state index contributed by atoms with van der Waals surface area (Å²) in [6.45, 7) is 5.43. The number of rotatable bonds is 9. The molecule has 0 saturated carbocycles. The summed E-state index contributed by atoms with van der Waals surface area (Å²) in [5.41, 5.74) is 5.22. The summed E-state index contributed by atoms with van der Waals surface area (Å²) in [7, 11) is 1.69. The number of aromatic nitrogens is 1. The molecule has 0 aliphatic heterocycles. The van der Waals surface area contributed by atoms with Gasteiger partial charge < -0.3 is 9.30 Å². The second-order valence-electron chi connectivity index (χ2n) is 7.01. The maximum absolute atomic E-state index is 13.0. The van der Waals surface area contributed by atoms with Crippen LogP contribution in [0.25, 0.3) is 0 Å². The maximum atomic E-state index is 13.0. The van der Waals surface area contributed by atoms with E-state index in [9.17, 15) is 4.79 Å². The predicted octanol–water partition coefficient (Wildman–Crippen LogP) is 6.11. The third-order valence-corrected chi connectivity index (χ3v) is 6.61. The molecule has 3 aromatic rings. The molecule has 0 aliphatic rings. The van der Waals surface area contributed by atoms with Crippen molar-refractivity contribution in [3.05, 3.63) is 93.8 Å². The molecule has 1 aromatic heterocycles. The Balaban J connectivity index is 1.79. The zero-order chi connectivity index (χ0) is 20.8. The zero-order valence-corrected chi connectivity index (χ0v) is 18.6. The molecule has 0 spiro atoms. The highest BCUT2D eigenvalue weighted by Gasteiger charge is 2.20. The molecule has 1 heterocycles. The summed E-state index contributed by atoms with van der Waals surface area (Å²) < 4.78 is 7.34. The quantitative estimate of drug-likeness (QED) is 0.386. The highest BCUT2D eigenvalue weighted by Crippen LogP contribution is 2.36. The lowest BCUT2D eigenvalue weighted by Crippen LogP contribution is -2.10. The van der Waals surface area contributed by atoms with Gasteiger partial charge in [0.2, 0.25) is 0 Å². The molecule has 0 fully saturated rings. The highest BCUT2D eigenvalue weighted by atomic mass is 35.5. The molecule has 0 aliphatic carbocycles. The number of carbonyl (C=O) groups is 1. The van der Waals surface area contributed by atoms with Gasteiger partial charge in [-0.15, -0.1) is 11.8 Å². The summed E-state index contributed by atoms with van der Waals surface area (Å²) in [6.07, 6.45) is 0. The standard InChI is InChI=1S/C24H26ClNO2S/c1-17-15-22(18(2)26(17)13-14-28-3)23(27)16-29-24(19-7-5-4-6-8-19)20-9-11-21(25)12-10-20/h4-12,15,24H,13-14,16H2,1-3H3/t24-/m0/s1. The van der Waals surface area contributed by atoms with Gasteiger partial charge in [0, 0.05) is 35.6 Å². The molecule has 3 nitrogen and oxygen atoms in total. The number of hydrogen-bond acceptors (Lipinski definition) is 3. The normalized spacial score (nSPS) is 12.1. The fraction of sp³-hybridized carbons (Fsp3) is 0.292. The van der Waals surface area contributed by atoms with E-state index in [-0.39, 0.29) is 11.0 Å². The van der Waals surface area contributed by atoms with Crippen LogP contribution in [-0.4, -0.2) is 29.8 Å². The van der Waals surface area contributed by atoms with Gasteiger partial charge in [0.15, 0.2) is 5.78 Å². The van der Waals surface area contributed by atoms with Crippen molar-refractivity contribution in [3.8, 4) is 0 Å². The van der Waals surface area contributed by atoms with Crippen molar-refractivity contribution in [2.75, 3.05) is 19.5 Å². The van der Waals surface area contributed by atoms with Crippen LogP contribution >= 0.6 is 23.4 Å². The van der Waals surface area contributed by atoms with E-state index in [4.69, 9.17) is 16.3 Å². The average molecular weight is 428 g/mol. The van der Waals surface area contributed by atoms with Crippen LogP contribution in [0.15, 0.2) is 60.7 Å². The number of ketones is 1. The first-order valence-electron chi connectivity index (χ1n) is 9.62. The van der Waals surface area contributed by atoms with Crippen molar-refractivity contribution < 1.29 is 9.53 Å². The van der Waals surface area contributed by atoms with Crippen molar-refractivity contribution in [3.63, 3.8) is 0 Å². The fourth-order valence-electron chi connectivity index (χ4n) is 3.50. The molecule has 5 heteroatoms. The monoisotopic (exact) mass is 427 g/mol. The topological polar surface area (TPSA) is 31.2 Å². The first kappa shape index (κ1) is 21.7. The lowest BCUT2D eigenvalue weighted by Gasteiger charge is -2.17. The molecule has 0 amide bonds. The smallest absolute Gasteiger partial charge is 0.174 e. The van der Waals surface area contributed by atoms with E-state index in [1.165, 1.54) is 5.56 Å². The number of benzene rings is 2. The van der Waals surface area contributed by atoms with Gasteiger partial charge in [0.25, 0.3) is 0 Å². The minimum Gasteiger partial charge on any atom is -0.383 e. The Morgan fingerprint density at radius 2 is 1.72 bits per heavy atom. The van der Waals surface area contributed by atoms with Gasteiger partial charge in [0.1, 0.15) is 0 Å². The SMILES string of the molecule is COCCn1c(C)cc(C(=O)CS[C@@H](c2ccccc2)c2ccc(Cl)cc2)c1C. The second kappa shape index (κ2) is 10.1. The molecule has 152 valence electrons. The highest BCUT2D eigenvalue weighted by molar-refractivity contribution is 8.00. The third kappa shape index (κ3) is 5.33. The minimum absolute atomic E-state index is 0.0781. The van der Waals surface area contributed by atoms with Crippen LogP contribution in [0.4, 0.5) is 0 Å². The molecule has 29 heavy (non-hydrogen) atoms. The van der Waals surface area contributed by atoms with E-state index in [1.54, 1.807) is 18.9 Å². The zero-order valence-electron chi connectivity index (χ0n) is 17.0. The number of nitrogens with zero attached hydrogens (tertiary/aromatic N) is 1. The molecule has 0 saturated heterocycles. The summed E-state index contributed by atoms with van der Waals surface area (Å²) in [6, 6.07) is 20.1. The van der Waals surface area contributed by atoms with Crippen LogP contribution in [0.3, 0.4) is 0 Å². The number of aryl methyl sites for hydroxylation is 1. The Labute approximate surface area is 182 Å². The van der Waals surface area contributed by atoms with Gasteiger partial charge in [-0.25, -0.2) is 0 Å². The van der Waals surface area contributed by atoms with E-state index >= 15 is 0 Å². The summed E-state index contributed by atoms with van der Waals surface area (Å²) in [5.74, 6) is 0.568. The predicted molar refractivity (Wildman–Crippen MR) is 122 cm³/mol. The number of thioether (sulfide) groups is 1. The van der Waals surface area contributed by atoms with Gasteiger partial charge in [-0.1, -0.05) is 54.1 Å². The Hall–Kier alpha value is -2.01. The first-order chi connectivity index (χ1) is 14.0. The number of halogens is 1. The summed E-state index contributed by atoms with van der Waals surface area (Å²) in [4.78, 5) is 13.0.